The van der Waals surface area contributed by atoms with Crippen LogP contribution < -0.4 is 21.5 Å². The fourth-order valence-corrected chi connectivity index (χ4v) is 2.84. The molecule has 5 nitrogen and oxygen atoms in total. The van der Waals surface area contributed by atoms with Crippen molar-refractivity contribution >= 4 is 27.4 Å². The molecule has 0 aliphatic heterocycles. The highest BCUT2D eigenvalue weighted by Crippen LogP contribution is 2.15. The summed E-state index contributed by atoms with van der Waals surface area (Å²) >= 11 is 3.36. The van der Waals surface area contributed by atoms with Gasteiger partial charge in [-0.05, 0) is 29.7 Å². The van der Waals surface area contributed by atoms with Gasteiger partial charge in [0.1, 0.15) is 0 Å². The zero-order valence-electron chi connectivity index (χ0n) is 14.2. The molecule has 0 saturated heterocycles. The fraction of sp³-hybridized carbons (Fsp3) is 0.100. The molecule has 0 aliphatic carbocycles. The third kappa shape index (κ3) is 5.80. The molecule has 138 valence electrons. The van der Waals surface area contributed by atoms with Gasteiger partial charge >= 0.3 is 0 Å². The summed E-state index contributed by atoms with van der Waals surface area (Å²) in [5.74, 6) is 0.0469. The van der Waals surface area contributed by atoms with Gasteiger partial charge in [0, 0.05) is 34.3 Å². The lowest BCUT2D eigenvalue weighted by atomic mass is 10.1. The van der Waals surface area contributed by atoms with E-state index in [1.165, 1.54) is 12.1 Å². The Morgan fingerprint density at radius 1 is 0.926 bits per heavy atom. The molecule has 0 aliphatic rings. The van der Waals surface area contributed by atoms with Gasteiger partial charge in [0.15, 0.2) is 12.4 Å². The molecule has 0 saturated carbocycles. The normalized spacial score (nSPS) is 10.1. The number of hydrogen-bond acceptors (Lipinski definition) is 3. The molecule has 0 atom stereocenters. The predicted octanol–water partition coefficient (Wildman–Crippen LogP) is 1.12. The monoisotopic (exact) mass is 490 g/mol. The number of pyridine rings is 1. The van der Waals surface area contributed by atoms with Crippen molar-refractivity contribution in [2.75, 3.05) is 0 Å². The van der Waals surface area contributed by atoms with Crippen molar-refractivity contribution in [3.05, 3.63) is 104 Å². The van der Waals surface area contributed by atoms with Crippen LogP contribution in [0.1, 0.15) is 21.5 Å². The van der Waals surface area contributed by atoms with Crippen LogP contribution in [-0.2, 0) is 13.0 Å². The number of Topliss-reactive ketones (excluding diaryl/α,β-unsaturated/α-hetero) is 1. The maximum absolute atomic E-state index is 12.3. The first-order valence-electron chi connectivity index (χ1n) is 8.01. The Morgan fingerprint density at radius 3 is 2.04 bits per heavy atom. The molecule has 7 heteroatoms. The van der Waals surface area contributed by atoms with Crippen molar-refractivity contribution in [3.8, 4) is 0 Å². The van der Waals surface area contributed by atoms with Crippen molar-refractivity contribution in [3.63, 3.8) is 0 Å². The van der Waals surface area contributed by atoms with Crippen LogP contribution in [0.25, 0.3) is 0 Å². The number of non-ortho nitro benzene ring substituents is 1. The van der Waals surface area contributed by atoms with Crippen molar-refractivity contribution in [2.45, 2.75) is 13.0 Å². The van der Waals surface area contributed by atoms with E-state index in [0.29, 0.717) is 12.0 Å². The Labute approximate surface area is 175 Å². The maximum atomic E-state index is 12.3. The molecule has 2 aromatic carbocycles. The van der Waals surface area contributed by atoms with Crippen LogP contribution in [0.15, 0.2) is 77.5 Å². The lowest BCUT2D eigenvalue weighted by molar-refractivity contribution is -0.683. The molecule has 3 aromatic rings. The van der Waals surface area contributed by atoms with Crippen LogP contribution in [-0.4, -0.2) is 10.7 Å². The summed E-state index contributed by atoms with van der Waals surface area (Å²) in [6.45, 7) is 0.277. The molecule has 0 spiro atoms. The van der Waals surface area contributed by atoms with Crippen molar-refractivity contribution in [1.82, 2.24) is 0 Å². The van der Waals surface area contributed by atoms with E-state index in [0.717, 1.165) is 15.6 Å². The number of benzene rings is 2. The smallest absolute Gasteiger partial charge is 0.269 e. The van der Waals surface area contributed by atoms with E-state index in [9.17, 15) is 14.9 Å². The van der Waals surface area contributed by atoms with E-state index in [1.54, 1.807) is 24.3 Å². The predicted molar refractivity (Wildman–Crippen MR) is 101 cm³/mol. The van der Waals surface area contributed by atoms with Crippen molar-refractivity contribution in [2.24, 2.45) is 0 Å². The van der Waals surface area contributed by atoms with Gasteiger partial charge < -0.3 is 17.0 Å². The molecular weight excluding hydrogens is 476 g/mol. The first-order chi connectivity index (χ1) is 12.5. The van der Waals surface area contributed by atoms with E-state index in [4.69, 9.17) is 0 Å². The largest absolute Gasteiger partial charge is 1.00 e. The van der Waals surface area contributed by atoms with Crippen LogP contribution in [0, 0.1) is 10.1 Å². The van der Waals surface area contributed by atoms with Crippen LogP contribution in [0.4, 0.5) is 5.69 Å². The average Bonchev–Trinajstić information content (AvgIpc) is 2.64. The summed E-state index contributed by atoms with van der Waals surface area (Å²) in [6.07, 6.45) is 4.43. The summed E-state index contributed by atoms with van der Waals surface area (Å²) in [7, 11) is 0. The zero-order valence-corrected chi connectivity index (χ0v) is 17.4. The summed E-state index contributed by atoms with van der Waals surface area (Å²) in [5.41, 5.74) is 2.84. The average molecular weight is 492 g/mol. The molecule has 0 amide bonds. The second-order valence-corrected chi connectivity index (χ2v) is 6.82. The minimum atomic E-state index is -0.405. The van der Waals surface area contributed by atoms with Gasteiger partial charge in [0.05, 0.1) is 4.92 Å². The highest BCUT2D eigenvalue weighted by molar-refractivity contribution is 9.10. The molecular formula is C20H16Br2N2O3. The molecule has 0 unspecified atom stereocenters. The minimum Gasteiger partial charge on any atom is -1.00 e. The maximum Gasteiger partial charge on any atom is 0.269 e. The topological polar surface area (TPSA) is 64.1 Å². The van der Waals surface area contributed by atoms with Gasteiger partial charge in [-0.15, -0.1) is 0 Å². The zero-order chi connectivity index (χ0) is 18.5. The Kier molecular flexibility index (Phi) is 7.38. The number of nitro benzene ring substituents is 1. The molecule has 0 bridgehead atoms. The van der Waals surface area contributed by atoms with Crippen molar-refractivity contribution in [1.29, 1.82) is 0 Å². The molecule has 0 N–H and O–H groups in total. The lowest BCUT2D eigenvalue weighted by Gasteiger charge is -2.02. The van der Waals surface area contributed by atoms with E-state index in [2.05, 4.69) is 15.9 Å². The number of rotatable bonds is 6. The number of carbonyl (C=O) groups excluding carboxylic acids is 1. The number of nitrogens with zero attached hydrogens (tertiary/aromatic N) is 2. The van der Waals surface area contributed by atoms with Gasteiger partial charge in [-0.3, -0.25) is 14.9 Å². The number of nitro groups is 1. The SMILES string of the molecule is O=C(C[n+]1ccc(Cc2ccc([N+](=O)[O-])cc2)cc1)c1ccc(Br)cc1.[Br-]. The molecule has 3 rings (SSSR count). The third-order valence-electron chi connectivity index (χ3n) is 4.01. The minimum absolute atomic E-state index is 0. The van der Waals surface area contributed by atoms with Gasteiger partial charge in [-0.25, -0.2) is 0 Å². The van der Waals surface area contributed by atoms with E-state index in [1.807, 2.05) is 41.2 Å². The third-order valence-corrected chi connectivity index (χ3v) is 4.54. The van der Waals surface area contributed by atoms with Crippen LogP contribution >= 0.6 is 15.9 Å². The number of aromatic nitrogens is 1. The van der Waals surface area contributed by atoms with E-state index >= 15 is 0 Å². The number of halogens is 2. The summed E-state index contributed by atoms with van der Waals surface area (Å²) in [4.78, 5) is 22.6. The Balaban J connectivity index is 0.00000261. The molecule has 0 radical (unpaired) electrons. The Morgan fingerprint density at radius 2 is 1.48 bits per heavy atom. The molecule has 1 aromatic heterocycles. The summed E-state index contributed by atoms with van der Waals surface area (Å²) in [5, 5.41) is 10.7. The molecule has 27 heavy (non-hydrogen) atoms. The first-order valence-corrected chi connectivity index (χ1v) is 8.80. The van der Waals surface area contributed by atoms with Gasteiger partial charge in [-0.1, -0.05) is 40.2 Å². The highest BCUT2D eigenvalue weighted by Gasteiger charge is 2.12. The summed E-state index contributed by atoms with van der Waals surface area (Å²) < 4.78 is 2.78. The quantitative estimate of drug-likeness (QED) is 0.225. The van der Waals surface area contributed by atoms with Crippen LogP contribution in [0.5, 0.6) is 0 Å². The standard InChI is InChI=1S/C20H16BrN2O3.BrH/c21-18-5-3-17(4-6-18)20(24)14-22-11-9-16(10-12-22)13-15-1-7-19(8-2-15)23(25)26;/h1-12H,13-14H2;1H/q+1;/p-1. The van der Waals surface area contributed by atoms with E-state index in [-0.39, 0.29) is 35.0 Å². The van der Waals surface area contributed by atoms with Gasteiger partial charge in [0.2, 0.25) is 12.3 Å². The van der Waals surface area contributed by atoms with Gasteiger partial charge in [0.25, 0.3) is 5.69 Å². The Bertz CT molecular complexity index is 925. The second-order valence-electron chi connectivity index (χ2n) is 5.91. The van der Waals surface area contributed by atoms with Gasteiger partial charge in [-0.2, -0.15) is 4.57 Å². The number of carbonyl (C=O) groups is 1. The highest BCUT2D eigenvalue weighted by atomic mass is 79.9. The van der Waals surface area contributed by atoms with Crippen LogP contribution in [0.2, 0.25) is 0 Å². The van der Waals surface area contributed by atoms with Crippen molar-refractivity contribution < 1.29 is 31.3 Å². The molecule has 1 heterocycles. The second kappa shape index (κ2) is 9.53. The number of ketones is 1. The lowest BCUT2D eigenvalue weighted by Crippen LogP contribution is -3.00. The summed E-state index contributed by atoms with van der Waals surface area (Å²) in [6, 6.07) is 17.8. The van der Waals surface area contributed by atoms with Crippen LogP contribution in [0.3, 0.4) is 0 Å². The fourth-order valence-electron chi connectivity index (χ4n) is 2.58. The number of hydrogen-bond donors (Lipinski definition) is 0. The first kappa shape index (κ1) is 20.9. The van der Waals surface area contributed by atoms with E-state index < -0.39 is 4.92 Å². The molecule has 0 fully saturated rings. The Hall–Kier alpha value is -2.38.